The third-order valence-electron chi connectivity index (χ3n) is 2.82. The molecule has 1 aromatic carbocycles. The van der Waals surface area contributed by atoms with Crippen LogP contribution < -0.4 is 10.1 Å². The number of hydrogen-bond acceptors (Lipinski definition) is 2. The standard InChI is InChI=1S/C14H22BrNO/c1-4-12(3)16-8-5-9-17-14-7-6-13(15)10-11(14)2/h6-7,10,12,16H,4-5,8-9H2,1-3H3/t12-/m0/s1. The highest BCUT2D eigenvalue weighted by molar-refractivity contribution is 9.10. The van der Waals surface area contributed by atoms with Crippen molar-refractivity contribution in [1.82, 2.24) is 5.32 Å². The maximum absolute atomic E-state index is 5.75. The van der Waals surface area contributed by atoms with Gasteiger partial charge >= 0.3 is 0 Å². The lowest BCUT2D eigenvalue weighted by molar-refractivity contribution is 0.303. The highest BCUT2D eigenvalue weighted by Gasteiger charge is 2.00. The maximum atomic E-state index is 5.75. The van der Waals surface area contributed by atoms with Crippen LogP contribution in [0, 0.1) is 6.92 Å². The van der Waals surface area contributed by atoms with Crippen LogP contribution >= 0.6 is 15.9 Å². The predicted octanol–water partition coefficient (Wildman–Crippen LogP) is 3.91. The lowest BCUT2D eigenvalue weighted by Crippen LogP contribution is -2.27. The highest BCUT2D eigenvalue weighted by Crippen LogP contribution is 2.22. The van der Waals surface area contributed by atoms with Crippen LogP contribution in [0.15, 0.2) is 22.7 Å². The molecule has 0 saturated carbocycles. The van der Waals surface area contributed by atoms with Crippen molar-refractivity contribution in [3.8, 4) is 5.75 Å². The van der Waals surface area contributed by atoms with Crippen molar-refractivity contribution in [3.05, 3.63) is 28.2 Å². The zero-order valence-electron chi connectivity index (χ0n) is 10.9. The van der Waals surface area contributed by atoms with Gasteiger partial charge < -0.3 is 10.1 Å². The van der Waals surface area contributed by atoms with Crippen LogP contribution in [0.4, 0.5) is 0 Å². The van der Waals surface area contributed by atoms with Gasteiger partial charge in [-0.3, -0.25) is 0 Å². The molecular weight excluding hydrogens is 278 g/mol. The number of nitrogens with one attached hydrogen (secondary N) is 1. The van der Waals surface area contributed by atoms with Gasteiger partial charge in [0.1, 0.15) is 5.75 Å². The zero-order valence-corrected chi connectivity index (χ0v) is 12.5. The highest BCUT2D eigenvalue weighted by atomic mass is 79.9. The average Bonchev–Trinajstić information content (AvgIpc) is 2.30. The van der Waals surface area contributed by atoms with E-state index < -0.39 is 0 Å². The Hall–Kier alpha value is -0.540. The second-order valence-electron chi connectivity index (χ2n) is 4.38. The van der Waals surface area contributed by atoms with Gasteiger partial charge in [0.2, 0.25) is 0 Å². The minimum absolute atomic E-state index is 0.601. The van der Waals surface area contributed by atoms with E-state index in [0.29, 0.717) is 6.04 Å². The summed E-state index contributed by atoms with van der Waals surface area (Å²) in [6.07, 6.45) is 2.21. The Bertz CT molecular complexity index is 341. The van der Waals surface area contributed by atoms with E-state index in [1.165, 1.54) is 12.0 Å². The minimum atomic E-state index is 0.601. The molecule has 1 N–H and O–H groups in total. The summed E-state index contributed by atoms with van der Waals surface area (Å²) in [5, 5.41) is 3.45. The van der Waals surface area contributed by atoms with E-state index in [2.05, 4.69) is 48.1 Å². The van der Waals surface area contributed by atoms with Crippen molar-refractivity contribution in [2.45, 2.75) is 39.7 Å². The van der Waals surface area contributed by atoms with Crippen molar-refractivity contribution in [2.24, 2.45) is 0 Å². The molecule has 17 heavy (non-hydrogen) atoms. The van der Waals surface area contributed by atoms with Crippen molar-refractivity contribution >= 4 is 15.9 Å². The molecule has 0 aliphatic carbocycles. The summed E-state index contributed by atoms with van der Waals surface area (Å²) in [5.74, 6) is 0.983. The Labute approximate surface area is 113 Å². The van der Waals surface area contributed by atoms with E-state index in [1.807, 2.05) is 12.1 Å². The van der Waals surface area contributed by atoms with E-state index in [1.54, 1.807) is 0 Å². The van der Waals surface area contributed by atoms with Gasteiger partial charge in [0.25, 0.3) is 0 Å². The molecule has 0 heterocycles. The molecule has 0 spiro atoms. The van der Waals surface area contributed by atoms with Crippen molar-refractivity contribution in [2.75, 3.05) is 13.2 Å². The van der Waals surface area contributed by atoms with Gasteiger partial charge in [-0.2, -0.15) is 0 Å². The molecule has 1 aromatic rings. The fourth-order valence-corrected chi connectivity index (χ4v) is 2.00. The average molecular weight is 300 g/mol. The molecule has 0 bridgehead atoms. The second kappa shape index (κ2) is 7.72. The van der Waals surface area contributed by atoms with E-state index in [9.17, 15) is 0 Å². The smallest absolute Gasteiger partial charge is 0.122 e. The Morgan fingerprint density at radius 1 is 1.41 bits per heavy atom. The van der Waals surface area contributed by atoms with Crippen molar-refractivity contribution < 1.29 is 4.74 Å². The van der Waals surface area contributed by atoms with E-state index in [-0.39, 0.29) is 0 Å². The van der Waals surface area contributed by atoms with Gasteiger partial charge in [-0.25, -0.2) is 0 Å². The molecule has 0 fully saturated rings. The molecule has 0 aliphatic heterocycles. The minimum Gasteiger partial charge on any atom is -0.493 e. The maximum Gasteiger partial charge on any atom is 0.122 e. The summed E-state index contributed by atoms with van der Waals surface area (Å²) in [6.45, 7) is 8.26. The number of ether oxygens (including phenoxy) is 1. The summed E-state index contributed by atoms with van der Waals surface area (Å²) in [4.78, 5) is 0. The zero-order chi connectivity index (χ0) is 12.7. The van der Waals surface area contributed by atoms with Crippen LogP contribution in [-0.2, 0) is 0 Å². The first kappa shape index (κ1) is 14.5. The molecule has 0 unspecified atom stereocenters. The SMILES string of the molecule is CC[C@H](C)NCCCOc1ccc(Br)cc1C. The third kappa shape index (κ3) is 5.55. The normalized spacial score (nSPS) is 12.5. The lowest BCUT2D eigenvalue weighted by Gasteiger charge is -2.12. The van der Waals surface area contributed by atoms with Gasteiger partial charge in [0.05, 0.1) is 6.61 Å². The summed E-state index contributed by atoms with van der Waals surface area (Å²) < 4.78 is 6.84. The second-order valence-corrected chi connectivity index (χ2v) is 5.29. The lowest BCUT2D eigenvalue weighted by atomic mass is 10.2. The van der Waals surface area contributed by atoms with Crippen LogP contribution in [0.1, 0.15) is 32.3 Å². The van der Waals surface area contributed by atoms with Crippen LogP contribution in [0.3, 0.4) is 0 Å². The first-order chi connectivity index (χ1) is 8.13. The van der Waals surface area contributed by atoms with Gasteiger partial charge in [-0.15, -0.1) is 0 Å². The molecule has 2 nitrogen and oxygen atoms in total. The Morgan fingerprint density at radius 2 is 2.18 bits per heavy atom. The van der Waals surface area contributed by atoms with Crippen LogP contribution in [0.2, 0.25) is 0 Å². The fourth-order valence-electron chi connectivity index (χ4n) is 1.52. The molecule has 0 amide bonds. The summed E-state index contributed by atoms with van der Waals surface area (Å²) in [7, 11) is 0. The number of halogens is 1. The largest absolute Gasteiger partial charge is 0.493 e. The van der Waals surface area contributed by atoms with E-state index in [0.717, 1.165) is 29.8 Å². The van der Waals surface area contributed by atoms with Crippen LogP contribution in [-0.4, -0.2) is 19.2 Å². The Morgan fingerprint density at radius 3 is 2.82 bits per heavy atom. The summed E-state index contributed by atoms with van der Waals surface area (Å²) in [6, 6.07) is 6.71. The van der Waals surface area contributed by atoms with Gasteiger partial charge in [0, 0.05) is 10.5 Å². The van der Waals surface area contributed by atoms with Crippen LogP contribution in [0.5, 0.6) is 5.75 Å². The third-order valence-corrected chi connectivity index (χ3v) is 3.31. The molecule has 0 saturated heterocycles. The van der Waals surface area contributed by atoms with Crippen molar-refractivity contribution in [1.29, 1.82) is 0 Å². The molecule has 0 aromatic heterocycles. The van der Waals surface area contributed by atoms with Crippen LogP contribution in [0.25, 0.3) is 0 Å². The van der Waals surface area contributed by atoms with Gasteiger partial charge in [-0.1, -0.05) is 22.9 Å². The Balaban J connectivity index is 2.22. The molecule has 3 heteroatoms. The number of hydrogen-bond donors (Lipinski definition) is 1. The molecule has 96 valence electrons. The molecule has 0 aliphatic rings. The quantitative estimate of drug-likeness (QED) is 0.771. The number of aryl methyl sites for hydroxylation is 1. The first-order valence-corrected chi connectivity index (χ1v) is 7.05. The molecule has 0 radical (unpaired) electrons. The Kier molecular flexibility index (Phi) is 6.60. The van der Waals surface area contributed by atoms with E-state index in [4.69, 9.17) is 4.74 Å². The summed E-state index contributed by atoms with van der Waals surface area (Å²) in [5.41, 5.74) is 1.18. The molecular formula is C14H22BrNO. The summed E-state index contributed by atoms with van der Waals surface area (Å²) >= 11 is 3.45. The molecule has 1 atom stereocenters. The fraction of sp³-hybridized carbons (Fsp3) is 0.571. The number of benzene rings is 1. The monoisotopic (exact) mass is 299 g/mol. The topological polar surface area (TPSA) is 21.3 Å². The van der Waals surface area contributed by atoms with Gasteiger partial charge in [0.15, 0.2) is 0 Å². The molecule has 1 rings (SSSR count). The first-order valence-electron chi connectivity index (χ1n) is 6.25. The van der Waals surface area contributed by atoms with Gasteiger partial charge in [-0.05, 0) is 57.0 Å². The predicted molar refractivity (Wildman–Crippen MR) is 76.7 cm³/mol. The van der Waals surface area contributed by atoms with Crippen molar-refractivity contribution in [3.63, 3.8) is 0 Å². The van der Waals surface area contributed by atoms with E-state index >= 15 is 0 Å². The number of rotatable bonds is 7.